The SMILES string of the molecule is Cc1cc(S(=O)(=O)N2CCCO[C@H]2CNC(=O)C(=O)NCc2ccccc2F)ccc1F. The third kappa shape index (κ3) is 5.47. The number of ether oxygens (including phenoxy) is 1. The zero-order chi connectivity index (χ0) is 23.3. The lowest BCUT2D eigenvalue weighted by molar-refractivity contribution is -0.140. The van der Waals surface area contributed by atoms with E-state index in [-0.39, 0.29) is 42.3 Å². The number of sulfonamides is 1. The molecule has 0 spiro atoms. The minimum atomic E-state index is -4.02. The van der Waals surface area contributed by atoms with Gasteiger partial charge >= 0.3 is 11.8 Å². The van der Waals surface area contributed by atoms with Crippen LogP contribution in [0, 0.1) is 18.6 Å². The third-order valence-corrected chi connectivity index (χ3v) is 6.82. The number of nitrogens with one attached hydrogen (secondary N) is 2. The molecule has 2 aromatic rings. The number of carbonyl (C=O) groups excluding carboxylic acids is 2. The monoisotopic (exact) mass is 467 g/mol. The molecule has 0 bridgehead atoms. The Morgan fingerprint density at radius 3 is 2.53 bits per heavy atom. The highest BCUT2D eigenvalue weighted by atomic mass is 32.2. The molecule has 172 valence electrons. The fourth-order valence-corrected chi connectivity index (χ4v) is 4.82. The Balaban J connectivity index is 1.62. The molecule has 0 saturated carbocycles. The average molecular weight is 467 g/mol. The number of hydrogen-bond donors (Lipinski definition) is 2. The number of benzene rings is 2. The van der Waals surface area contributed by atoms with Crippen LogP contribution in [-0.4, -0.2) is 50.5 Å². The number of rotatable bonds is 6. The number of aryl methyl sites for hydroxylation is 1. The summed E-state index contributed by atoms with van der Waals surface area (Å²) >= 11 is 0. The van der Waals surface area contributed by atoms with Gasteiger partial charge in [0.25, 0.3) is 0 Å². The Hall–Kier alpha value is -2.89. The summed E-state index contributed by atoms with van der Waals surface area (Å²) in [6.07, 6.45) is -0.602. The normalized spacial score (nSPS) is 17.0. The van der Waals surface area contributed by atoms with Crippen molar-refractivity contribution in [2.45, 2.75) is 31.0 Å². The van der Waals surface area contributed by atoms with Crippen LogP contribution in [-0.2, 0) is 30.9 Å². The molecule has 1 atom stereocenters. The highest BCUT2D eigenvalue weighted by Gasteiger charge is 2.35. The van der Waals surface area contributed by atoms with E-state index in [1.54, 1.807) is 6.07 Å². The van der Waals surface area contributed by atoms with Crippen molar-refractivity contribution in [2.24, 2.45) is 0 Å². The van der Waals surface area contributed by atoms with Crippen molar-refractivity contribution >= 4 is 21.8 Å². The maximum absolute atomic E-state index is 13.6. The summed E-state index contributed by atoms with van der Waals surface area (Å²) in [4.78, 5) is 24.0. The molecule has 0 aliphatic carbocycles. The number of carbonyl (C=O) groups is 2. The summed E-state index contributed by atoms with van der Waals surface area (Å²) in [5.74, 6) is -3.04. The third-order valence-electron chi connectivity index (χ3n) is 4.93. The van der Waals surface area contributed by atoms with E-state index in [0.717, 1.165) is 16.4 Å². The summed E-state index contributed by atoms with van der Waals surface area (Å²) in [6.45, 7) is 1.42. The van der Waals surface area contributed by atoms with Crippen LogP contribution in [0.2, 0.25) is 0 Å². The predicted molar refractivity (Wildman–Crippen MR) is 111 cm³/mol. The van der Waals surface area contributed by atoms with Crippen molar-refractivity contribution < 1.29 is 31.5 Å². The minimum absolute atomic E-state index is 0.0964. The van der Waals surface area contributed by atoms with Crippen LogP contribution >= 0.6 is 0 Å². The minimum Gasteiger partial charge on any atom is -0.360 e. The first-order valence-electron chi connectivity index (χ1n) is 9.89. The van der Waals surface area contributed by atoms with Crippen molar-refractivity contribution in [2.75, 3.05) is 19.7 Å². The van der Waals surface area contributed by atoms with Gasteiger partial charge in [0.1, 0.15) is 17.9 Å². The van der Waals surface area contributed by atoms with Gasteiger partial charge in [-0.05, 0) is 43.2 Å². The molecule has 8 nitrogen and oxygen atoms in total. The van der Waals surface area contributed by atoms with Gasteiger partial charge in [-0.3, -0.25) is 9.59 Å². The maximum atomic E-state index is 13.6. The van der Waals surface area contributed by atoms with Gasteiger partial charge in [-0.15, -0.1) is 0 Å². The first-order valence-corrected chi connectivity index (χ1v) is 11.3. The molecule has 1 saturated heterocycles. The lowest BCUT2D eigenvalue weighted by Crippen LogP contribution is -2.53. The molecule has 1 aliphatic heterocycles. The zero-order valence-corrected chi connectivity index (χ0v) is 18.1. The van der Waals surface area contributed by atoms with E-state index in [1.165, 1.54) is 31.2 Å². The molecular weight excluding hydrogens is 444 g/mol. The molecule has 1 heterocycles. The quantitative estimate of drug-likeness (QED) is 0.626. The summed E-state index contributed by atoms with van der Waals surface area (Å²) < 4.78 is 59.8. The maximum Gasteiger partial charge on any atom is 0.309 e. The molecule has 0 aromatic heterocycles. The molecular formula is C21H23F2N3O5S. The molecule has 1 fully saturated rings. The van der Waals surface area contributed by atoms with Gasteiger partial charge in [-0.1, -0.05) is 18.2 Å². The van der Waals surface area contributed by atoms with Gasteiger partial charge in [0.2, 0.25) is 10.0 Å². The Kier molecular flexibility index (Phi) is 7.54. The van der Waals surface area contributed by atoms with Crippen LogP contribution < -0.4 is 10.6 Å². The van der Waals surface area contributed by atoms with E-state index in [1.807, 2.05) is 0 Å². The van der Waals surface area contributed by atoms with Crippen molar-refractivity contribution in [3.63, 3.8) is 0 Å². The highest BCUT2D eigenvalue weighted by Crippen LogP contribution is 2.23. The molecule has 2 amide bonds. The van der Waals surface area contributed by atoms with Crippen molar-refractivity contribution in [3.8, 4) is 0 Å². The molecule has 32 heavy (non-hydrogen) atoms. The fourth-order valence-electron chi connectivity index (χ4n) is 3.17. The van der Waals surface area contributed by atoms with Crippen molar-refractivity contribution in [1.29, 1.82) is 0 Å². The molecule has 11 heteroatoms. The average Bonchev–Trinajstić information content (AvgIpc) is 2.78. The number of amides is 2. The van der Waals surface area contributed by atoms with Gasteiger partial charge < -0.3 is 15.4 Å². The number of hydrogen-bond acceptors (Lipinski definition) is 5. The highest BCUT2D eigenvalue weighted by molar-refractivity contribution is 7.89. The Morgan fingerprint density at radius 2 is 1.81 bits per heavy atom. The van der Waals surface area contributed by atoms with E-state index < -0.39 is 39.7 Å². The van der Waals surface area contributed by atoms with Gasteiger partial charge in [-0.2, -0.15) is 4.31 Å². The summed E-state index contributed by atoms with van der Waals surface area (Å²) in [5, 5.41) is 4.65. The standard InChI is InChI=1S/C21H23F2N3O5S/c1-14-11-16(7-8-17(14)22)32(29,30)26-9-4-10-31-19(26)13-25-21(28)20(27)24-12-15-5-2-3-6-18(15)23/h2-3,5-8,11,19H,4,9-10,12-13H2,1H3,(H,24,27)(H,25,28)/t19-/m0/s1. The van der Waals surface area contributed by atoms with Crippen LogP contribution in [0.1, 0.15) is 17.5 Å². The van der Waals surface area contributed by atoms with E-state index in [0.29, 0.717) is 6.42 Å². The van der Waals surface area contributed by atoms with Crippen LogP contribution in [0.3, 0.4) is 0 Å². The topological polar surface area (TPSA) is 105 Å². The smallest absolute Gasteiger partial charge is 0.309 e. The molecule has 2 N–H and O–H groups in total. The second-order valence-electron chi connectivity index (χ2n) is 7.19. The predicted octanol–water partition coefficient (Wildman–Crippen LogP) is 1.44. The van der Waals surface area contributed by atoms with Crippen LogP contribution in [0.4, 0.5) is 8.78 Å². The van der Waals surface area contributed by atoms with Crippen molar-refractivity contribution in [3.05, 3.63) is 65.2 Å². The molecule has 0 radical (unpaired) electrons. The first-order chi connectivity index (χ1) is 15.2. The van der Waals surface area contributed by atoms with E-state index in [4.69, 9.17) is 4.74 Å². The second-order valence-corrected chi connectivity index (χ2v) is 9.08. The lowest BCUT2D eigenvalue weighted by Gasteiger charge is -2.34. The Morgan fingerprint density at radius 1 is 1.09 bits per heavy atom. The largest absolute Gasteiger partial charge is 0.360 e. The van der Waals surface area contributed by atoms with Gasteiger partial charge in [0, 0.05) is 18.7 Å². The number of nitrogens with zero attached hydrogens (tertiary/aromatic N) is 1. The van der Waals surface area contributed by atoms with Crippen LogP contribution in [0.25, 0.3) is 0 Å². The van der Waals surface area contributed by atoms with E-state index >= 15 is 0 Å². The number of halogens is 2. The van der Waals surface area contributed by atoms with Gasteiger partial charge in [-0.25, -0.2) is 17.2 Å². The second kappa shape index (κ2) is 10.2. The Bertz CT molecular complexity index is 1110. The first kappa shape index (κ1) is 23.8. The molecule has 2 aromatic carbocycles. The van der Waals surface area contributed by atoms with Crippen LogP contribution in [0.15, 0.2) is 47.4 Å². The molecule has 3 rings (SSSR count). The molecule has 0 unspecified atom stereocenters. The van der Waals surface area contributed by atoms with Gasteiger partial charge in [0.05, 0.1) is 18.0 Å². The summed E-state index contributed by atoms with van der Waals surface area (Å²) in [7, 11) is -4.02. The van der Waals surface area contributed by atoms with E-state index in [9.17, 15) is 26.8 Å². The van der Waals surface area contributed by atoms with E-state index in [2.05, 4.69) is 10.6 Å². The zero-order valence-electron chi connectivity index (χ0n) is 17.3. The van der Waals surface area contributed by atoms with Crippen molar-refractivity contribution in [1.82, 2.24) is 14.9 Å². The summed E-state index contributed by atoms with van der Waals surface area (Å²) in [6, 6.07) is 9.28. The fraction of sp³-hybridized carbons (Fsp3) is 0.333. The lowest BCUT2D eigenvalue weighted by atomic mass is 10.2. The summed E-state index contributed by atoms with van der Waals surface area (Å²) in [5.41, 5.74) is 0.400. The Labute approximate surface area is 184 Å². The molecule has 1 aliphatic rings. The van der Waals surface area contributed by atoms with Gasteiger partial charge in [0.15, 0.2) is 0 Å². The van der Waals surface area contributed by atoms with Crippen LogP contribution in [0.5, 0.6) is 0 Å².